The topological polar surface area (TPSA) is 49.5 Å². The second-order valence-corrected chi connectivity index (χ2v) is 4.13. The number of hydrazine groups is 1. The van der Waals surface area contributed by atoms with E-state index in [1.165, 1.54) is 0 Å². The molecule has 0 saturated carbocycles. The quantitative estimate of drug-likeness (QED) is 0.490. The monoisotopic (exact) mass is 174 g/mol. The Balaban J connectivity index is 4.30. The van der Waals surface area contributed by atoms with Gasteiger partial charge < -0.3 is 5.11 Å². The summed E-state index contributed by atoms with van der Waals surface area (Å²) in [6.45, 7) is 8.15. The number of rotatable bonds is 4. The van der Waals surface area contributed by atoms with Crippen molar-refractivity contribution >= 4 is 0 Å². The maximum Gasteiger partial charge on any atom is 0.0734 e. The van der Waals surface area contributed by atoms with Crippen LogP contribution in [-0.4, -0.2) is 29.3 Å². The second kappa shape index (κ2) is 4.80. The molecule has 3 heteroatoms. The van der Waals surface area contributed by atoms with Crippen molar-refractivity contribution in [2.75, 3.05) is 7.05 Å². The molecule has 2 atom stereocenters. The maximum absolute atomic E-state index is 9.81. The fourth-order valence-electron chi connectivity index (χ4n) is 1.50. The van der Waals surface area contributed by atoms with Crippen LogP contribution in [0.5, 0.6) is 0 Å². The van der Waals surface area contributed by atoms with Crippen LogP contribution in [0.2, 0.25) is 0 Å². The number of hydrogen-bond donors (Lipinski definition) is 2. The van der Waals surface area contributed by atoms with Crippen molar-refractivity contribution in [1.82, 2.24) is 5.01 Å². The Hall–Kier alpha value is -0.120. The second-order valence-electron chi connectivity index (χ2n) is 4.13. The van der Waals surface area contributed by atoms with E-state index in [1.54, 1.807) is 12.1 Å². The van der Waals surface area contributed by atoms with Crippen LogP contribution < -0.4 is 5.84 Å². The van der Waals surface area contributed by atoms with Gasteiger partial charge in [0.1, 0.15) is 0 Å². The average molecular weight is 174 g/mol. The highest BCUT2D eigenvalue weighted by molar-refractivity contribution is 4.79. The first-order valence-corrected chi connectivity index (χ1v) is 4.53. The summed E-state index contributed by atoms with van der Waals surface area (Å²) in [5.41, 5.74) is 0. The molecule has 0 aromatic rings. The predicted octanol–water partition coefficient (Wildman–Crippen LogP) is 0.833. The van der Waals surface area contributed by atoms with Crippen molar-refractivity contribution in [3.63, 3.8) is 0 Å². The van der Waals surface area contributed by atoms with E-state index in [-0.39, 0.29) is 18.1 Å². The fourth-order valence-corrected chi connectivity index (χ4v) is 1.50. The minimum Gasteiger partial charge on any atom is -0.391 e. The lowest BCUT2D eigenvalue weighted by Gasteiger charge is -2.33. The zero-order valence-corrected chi connectivity index (χ0v) is 8.78. The number of aliphatic hydroxyl groups excluding tert-OH is 1. The highest BCUT2D eigenvalue weighted by atomic mass is 16.3. The molecule has 74 valence electrons. The molecule has 2 unspecified atom stereocenters. The molecule has 0 aliphatic heterocycles. The van der Waals surface area contributed by atoms with Gasteiger partial charge in [0, 0.05) is 7.05 Å². The third-order valence-electron chi connectivity index (χ3n) is 2.19. The van der Waals surface area contributed by atoms with Gasteiger partial charge in [-0.2, -0.15) is 0 Å². The zero-order chi connectivity index (χ0) is 9.89. The smallest absolute Gasteiger partial charge is 0.0734 e. The van der Waals surface area contributed by atoms with Crippen LogP contribution in [0.3, 0.4) is 0 Å². The van der Waals surface area contributed by atoms with Crippen LogP contribution >= 0.6 is 0 Å². The third kappa shape index (κ3) is 3.09. The van der Waals surface area contributed by atoms with E-state index in [9.17, 15) is 5.11 Å². The van der Waals surface area contributed by atoms with Crippen molar-refractivity contribution in [2.45, 2.75) is 39.8 Å². The van der Waals surface area contributed by atoms with E-state index in [1.807, 2.05) is 13.8 Å². The highest BCUT2D eigenvalue weighted by Gasteiger charge is 2.27. The average Bonchev–Trinajstić information content (AvgIpc) is 1.85. The maximum atomic E-state index is 9.81. The van der Waals surface area contributed by atoms with Gasteiger partial charge in [0.15, 0.2) is 0 Å². The summed E-state index contributed by atoms with van der Waals surface area (Å²) in [5.74, 6) is 6.28. The fraction of sp³-hybridized carbons (Fsp3) is 1.00. The Morgan fingerprint density at radius 2 is 1.50 bits per heavy atom. The van der Waals surface area contributed by atoms with Gasteiger partial charge in [-0.05, 0) is 11.8 Å². The minimum absolute atomic E-state index is 0.0463. The number of nitrogens with zero attached hydrogens (tertiary/aromatic N) is 1. The first-order valence-electron chi connectivity index (χ1n) is 4.53. The largest absolute Gasteiger partial charge is 0.391 e. The highest BCUT2D eigenvalue weighted by Crippen LogP contribution is 2.16. The molecule has 0 saturated heterocycles. The summed E-state index contributed by atoms with van der Waals surface area (Å²) in [7, 11) is 1.80. The summed E-state index contributed by atoms with van der Waals surface area (Å²) in [6, 6.07) is 0.0463. The first kappa shape index (κ1) is 11.9. The lowest BCUT2D eigenvalue weighted by atomic mass is 9.91. The number of hydrogen-bond acceptors (Lipinski definition) is 3. The Kier molecular flexibility index (Phi) is 4.75. The van der Waals surface area contributed by atoms with E-state index in [0.29, 0.717) is 5.92 Å². The molecule has 0 radical (unpaired) electrons. The van der Waals surface area contributed by atoms with E-state index in [2.05, 4.69) is 13.8 Å². The Morgan fingerprint density at radius 3 is 1.58 bits per heavy atom. The van der Waals surface area contributed by atoms with Crippen LogP contribution in [0.4, 0.5) is 0 Å². The molecule has 3 nitrogen and oxygen atoms in total. The molecule has 0 aliphatic rings. The predicted molar refractivity (Wildman–Crippen MR) is 51.4 cm³/mol. The number of aliphatic hydroxyl groups is 1. The van der Waals surface area contributed by atoms with E-state index >= 15 is 0 Å². The van der Waals surface area contributed by atoms with Crippen molar-refractivity contribution in [2.24, 2.45) is 17.7 Å². The van der Waals surface area contributed by atoms with Crippen LogP contribution in [0, 0.1) is 11.8 Å². The minimum atomic E-state index is -0.347. The molecule has 0 rings (SSSR count). The van der Waals surface area contributed by atoms with Crippen LogP contribution in [0.15, 0.2) is 0 Å². The summed E-state index contributed by atoms with van der Waals surface area (Å²) in [5, 5.41) is 11.4. The molecule has 0 aromatic heterocycles. The third-order valence-corrected chi connectivity index (χ3v) is 2.19. The lowest BCUT2D eigenvalue weighted by Crippen LogP contribution is -2.50. The van der Waals surface area contributed by atoms with Crippen LogP contribution in [0.1, 0.15) is 27.7 Å². The van der Waals surface area contributed by atoms with Gasteiger partial charge in [-0.15, -0.1) is 0 Å². The summed E-state index contributed by atoms with van der Waals surface area (Å²) in [4.78, 5) is 0. The van der Waals surface area contributed by atoms with Gasteiger partial charge in [0.2, 0.25) is 0 Å². The van der Waals surface area contributed by atoms with Crippen molar-refractivity contribution in [3.8, 4) is 0 Å². The Morgan fingerprint density at radius 1 is 1.08 bits per heavy atom. The molecule has 0 spiro atoms. The van der Waals surface area contributed by atoms with Gasteiger partial charge >= 0.3 is 0 Å². The molecular weight excluding hydrogens is 152 g/mol. The van der Waals surface area contributed by atoms with E-state index < -0.39 is 0 Å². The van der Waals surface area contributed by atoms with E-state index in [4.69, 9.17) is 5.84 Å². The zero-order valence-electron chi connectivity index (χ0n) is 8.78. The summed E-state index contributed by atoms with van der Waals surface area (Å²) >= 11 is 0. The van der Waals surface area contributed by atoms with Crippen LogP contribution in [-0.2, 0) is 0 Å². The Bertz CT molecular complexity index is 116. The first-order chi connectivity index (χ1) is 5.37. The molecule has 0 fully saturated rings. The standard InChI is InChI=1S/C9H22N2O/c1-6(2)8(11(5)10)9(12)7(3)4/h6-9,12H,10H2,1-5H3. The molecular formula is C9H22N2O. The summed E-state index contributed by atoms with van der Waals surface area (Å²) in [6.07, 6.45) is -0.347. The molecule has 0 aliphatic carbocycles. The van der Waals surface area contributed by atoms with Gasteiger partial charge in [-0.3, -0.25) is 5.84 Å². The lowest BCUT2D eigenvalue weighted by molar-refractivity contribution is 0.00836. The SMILES string of the molecule is CC(C)C(O)C(C(C)C)N(C)N. The van der Waals surface area contributed by atoms with Gasteiger partial charge in [-0.1, -0.05) is 27.7 Å². The van der Waals surface area contributed by atoms with Gasteiger partial charge in [-0.25, -0.2) is 5.01 Å². The molecule has 0 heterocycles. The normalized spacial score (nSPS) is 17.5. The van der Waals surface area contributed by atoms with Crippen LogP contribution in [0.25, 0.3) is 0 Å². The molecule has 0 bridgehead atoms. The van der Waals surface area contributed by atoms with Gasteiger partial charge in [0.05, 0.1) is 12.1 Å². The molecule has 0 aromatic carbocycles. The number of likely N-dealkylation sites (N-methyl/N-ethyl adjacent to an activating group) is 1. The summed E-state index contributed by atoms with van der Waals surface area (Å²) < 4.78 is 0. The molecule has 3 N–H and O–H groups in total. The van der Waals surface area contributed by atoms with Crippen molar-refractivity contribution in [1.29, 1.82) is 0 Å². The molecule has 0 amide bonds. The van der Waals surface area contributed by atoms with E-state index in [0.717, 1.165) is 0 Å². The van der Waals surface area contributed by atoms with Gasteiger partial charge in [0.25, 0.3) is 0 Å². The number of nitrogens with two attached hydrogens (primary N) is 1. The van der Waals surface area contributed by atoms with Crippen molar-refractivity contribution in [3.05, 3.63) is 0 Å². The Labute approximate surface area is 75.5 Å². The van der Waals surface area contributed by atoms with Crippen molar-refractivity contribution < 1.29 is 5.11 Å². The molecule has 12 heavy (non-hydrogen) atoms.